The van der Waals surface area contributed by atoms with Gasteiger partial charge in [-0.1, -0.05) is 12.1 Å². The van der Waals surface area contributed by atoms with Gasteiger partial charge < -0.3 is 20.5 Å². The number of para-hydroxylation sites is 1. The standard InChI is InChI=1S/C15H21N3O3/c1-3-20-13-6-4-5-12(9-11(2)17)15(13)21-10-14(19)18-8-7-16/h4-6,11H,3,8-10,17H2,1-2H3,(H,18,19). The van der Waals surface area contributed by atoms with Gasteiger partial charge in [0.15, 0.2) is 18.1 Å². The molecule has 3 N–H and O–H groups in total. The molecule has 0 bridgehead atoms. The van der Waals surface area contributed by atoms with Gasteiger partial charge in [-0.2, -0.15) is 5.26 Å². The number of carbonyl (C=O) groups excluding carboxylic acids is 1. The number of amides is 1. The van der Waals surface area contributed by atoms with Crippen molar-refractivity contribution in [3.8, 4) is 17.6 Å². The SMILES string of the molecule is CCOc1cccc(CC(C)N)c1OCC(=O)NCC#N. The zero-order valence-corrected chi connectivity index (χ0v) is 12.4. The molecule has 0 saturated carbocycles. The molecule has 1 rings (SSSR count). The van der Waals surface area contributed by atoms with Crippen molar-refractivity contribution < 1.29 is 14.3 Å². The summed E-state index contributed by atoms with van der Waals surface area (Å²) in [7, 11) is 0. The van der Waals surface area contributed by atoms with E-state index >= 15 is 0 Å². The van der Waals surface area contributed by atoms with Gasteiger partial charge in [-0.25, -0.2) is 0 Å². The molecule has 1 aromatic rings. The molecule has 1 unspecified atom stereocenters. The fourth-order valence-electron chi connectivity index (χ4n) is 1.83. The van der Waals surface area contributed by atoms with Crippen LogP contribution in [0.1, 0.15) is 19.4 Å². The maximum Gasteiger partial charge on any atom is 0.258 e. The van der Waals surface area contributed by atoms with Crippen LogP contribution < -0.4 is 20.5 Å². The van der Waals surface area contributed by atoms with Crippen molar-refractivity contribution in [2.75, 3.05) is 19.8 Å². The lowest BCUT2D eigenvalue weighted by molar-refractivity contribution is -0.122. The lowest BCUT2D eigenvalue weighted by Gasteiger charge is -2.16. The fourth-order valence-corrected chi connectivity index (χ4v) is 1.83. The molecular weight excluding hydrogens is 270 g/mol. The van der Waals surface area contributed by atoms with E-state index in [4.69, 9.17) is 20.5 Å². The number of benzene rings is 1. The summed E-state index contributed by atoms with van der Waals surface area (Å²) in [5, 5.41) is 10.8. The monoisotopic (exact) mass is 291 g/mol. The molecular formula is C15H21N3O3. The van der Waals surface area contributed by atoms with Gasteiger partial charge >= 0.3 is 0 Å². The van der Waals surface area contributed by atoms with Crippen LogP contribution in [0.2, 0.25) is 0 Å². The number of nitrogens with two attached hydrogens (primary N) is 1. The summed E-state index contributed by atoms with van der Waals surface area (Å²) in [5.41, 5.74) is 6.72. The second kappa shape index (κ2) is 8.82. The van der Waals surface area contributed by atoms with Gasteiger partial charge in [0, 0.05) is 6.04 Å². The Kier molecular flexibility index (Phi) is 7.05. The van der Waals surface area contributed by atoms with Crippen LogP contribution in [0.4, 0.5) is 0 Å². The second-order valence-electron chi connectivity index (χ2n) is 4.58. The van der Waals surface area contributed by atoms with E-state index in [1.807, 2.05) is 32.0 Å². The lowest BCUT2D eigenvalue weighted by Crippen LogP contribution is -2.29. The summed E-state index contributed by atoms with van der Waals surface area (Å²) in [6, 6.07) is 7.36. The van der Waals surface area contributed by atoms with Gasteiger partial charge in [-0.3, -0.25) is 4.79 Å². The van der Waals surface area contributed by atoms with Gasteiger partial charge in [0.25, 0.3) is 5.91 Å². The maximum absolute atomic E-state index is 11.5. The smallest absolute Gasteiger partial charge is 0.258 e. The van der Waals surface area contributed by atoms with Crippen LogP contribution in [0.25, 0.3) is 0 Å². The number of hydrogen-bond acceptors (Lipinski definition) is 5. The van der Waals surface area contributed by atoms with Crippen LogP contribution in [0.3, 0.4) is 0 Å². The van der Waals surface area contributed by atoms with Crippen LogP contribution in [-0.2, 0) is 11.2 Å². The zero-order valence-electron chi connectivity index (χ0n) is 12.4. The first-order chi connectivity index (χ1) is 10.1. The molecule has 0 aliphatic carbocycles. The molecule has 0 fully saturated rings. The number of carbonyl (C=O) groups is 1. The van der Waals surface area contributed by atoms with Crippen molar-refractivity contribution in [2.24, 2.45) is 5.73 Å². The van der Waals surface area contributed by atoms with Crippen molar-refractivity contribution in [3.63, 3.8) is 0 Å². The Morgan fingerprint density at radius 1 is 1.48 bits per heavy atom. The van der Waals surface area contributed by atoms with Crippen LogP contribution in [0.15, 0.2) is 18.2 Å². The van der Waals surface area contributed by atoms with Gasteiger partial charge in [0.2, 0.25) is 0 Å². The third-order valence-electron chi connectivity index (χ3n) is 2.61. The second-order valence-corrected chi connectivity index (χ2v) is 4.58. The van der Waals surface area contributed by atoms with Gasteiger partial charge in [0.05, 0.1) is 12.7 Å². The summed E-state index contributed by atoms with van der Waals surface area (Å²) >= 11 is 0. The van der Waals surface area contributed by atoms with E-state index in [0.717, 1.165) is 5.56 Å². The van der Waals surface area contributed by atoms with Crippen molar-refractivity contribution in [1.82, 2.24) is 5.32 Å². The van der Waals surface area contributed by atoms with E-state index in [2.05, 4.69) is 5.32 Å². The Hall–Kier alpha value is -2.26. The van der Waals surface area contributed by atoms with E-state index < -0.39 is 0 Å². The average molecular weight is 291 g/mol. The zero-order chi connectivity index (χ0) is 15.7. The highest BCUT2D eigenvalue weighted by molar-refractivity contribution is 5.77. The minimum atomic E-state index is -0.352. The summed E-state index contributed by atoms with van der Waals surface area (Å²) < 4.78 is 11.1. The highest BCUT2D eigenvalue weighted by Gasteiger charge is 2.14. The Labute approximate surface area is 124 Å². The van der Waals surface area contributed by atoms with E-state index in [0.29, 0.717) is 24.5 Å². The topological polar surface area (TPSA) is 97.4 Å². The molecule has 114 valence electrons. The number of nitriles is 1. The molecule has 0 radical (unpaired) electrons. The molecule has 1 aromatic carbocycles. The molecule has 6 nitrogen and oxygen atoms in total. The van der Waals surface area contributed by atoms with Gasteiger partial charge in [0.1, 0.15) is 6.54 Å². The van der Waals surface area contributed by atoms with E-state index in [-0.39, 0.29) is 25.1 Å². The van der Waals surface area contributed by atoms with E-state index in [1.165, 1.54) is 0 Å². The predicted octanol–water partition coefficient (Wildman–Crippen LogP) is 0.994. The molecule has 6 heteroatoms. The summed E-state index contributed by atoms with van der Waals surface area (Å²) in [6.07, 6.45) is 0.621. The minimum absolute atomic E-state index is 0.0309. The molecule has 21 heavy (non-hydrogen) atoms. The van der Waals surface area contributed by atoms with Crippen molar-refractivity contribution in [1.29, 1.82) is 5.26 Å². The number of ether oxygens (including phenoxy) is 2. The van der Waals surface area contributed by atoms with Crippen LogP contribution in [0, 0.1) is 11.3 Å². The van der Waals surface area contributed by atoms with Gasteiger partial charge in [-0.05, 0) is 31.9 Å². The molecule has 1 atom stereocenters. The Morgan fingerprint density at radius 3 is 2.86 bits per heavy atom. The van der Waals surface area contributed by atoms with E-state index in [1.54, 1.807) is 6.07 Å². The summed E-state index contributed by atoms with van der Waals surface area (Å²) in [4.78, 5) is 11.5. The highest BCUT2D eigenvalue weighted by atomic mass is 16.5. The van der Waals surface area contributed by atoms with E-state index in [9.17, 15) is 4.79 Å². The molecule has 0 aliphatic rings. The van der Waals surface area contributed by atoms with Gasteiger partial charge in [-0.15, -0.1) is 0 Å². The number of nitrogens with one attached hydrogen (secondary N) is 1. The van der Waals surface area contributed by atoms with Crippen LogP contribution >= 0.6 is 0 Å². The molecule has 1 amide bonds. The molecule has 0 heterocycles. The van der Waals surface area contributed by atoms with Crippen LogP contribution in [0.5, 0.6) is 11.5 Å². The number of hydrogen-bond donors (Lipinski definition) is 2. The molecule has 0 aromatic heterocycles. The van der Waals surface area contributed by atoms with Crippen molar-refractivity contribution in [3.05, 3.63) is 23.8 Å². The Balaban J connectivity index is 2.85. The normalized spacial score (nSPS) is 11.3. The third kappa shape index (κ3) is 5.71. The first kappa shape index (κ1) is 16.8. The largest absolute Gasteiger partial charge is 0.490 e. The molecule has 0 saturated heterocycles. The van der Waals surface area contributed by atoms with Crippen LogP contribution in [-0.4, -0.2) is 31.7 Å². The minimum Gasteiger partial charge on any atom is -0.490 e. The molecule has 0 spiro atoms. The van der Waals surface area contributed by atoms with Crippen molar-refractivity contribution >= 4 is 5.91 Å². The van der Waals surface area contributed by atoms with Crippen molar-refractivity contribution in [2.45, 2.75) is 26.3 Å². The quantitative estimate of drug-likeness (QED) is 0.696. The first-order valence-corrected chi connectivity index (χ1v) is 6.85. The first-order valence-electron chi connectivity index (χ1n) is 6.85. The Morgan fingerprint density at radius 2 is 2.24 bits per heavy atom. The summed E-state index contributed by atoms with van der Waals surface area (Å²) in [6.45, 7) is 4.07. The maximum atomic E-state index is 11.5. The highest BCUT2D eigenvalue weighted by Crippen LogP contribution is 2.32. The molecule has 0 aliphatic heterocycles. The summed E-state index contributed by atoms with van der Waals surface area (Å²) in [5.74, 6) is 0.766. The number of rotatable bonds is 8. The lowest BCUT2D eigenvalue weighted by atomic mass is 10.1. The third-order valence-corrected chi connectivity index (χ3v) is 2.61. The number of nitrogens with zero attached hydrogens (tertiary/aromatic N) is 1. The Bertz CT molecular complexity index is 509. The average Bonchev–Trinajstić information content (AvgIpc) is 2.44. The predicted molar refractivity (Wildman–Crippen MR) is 79.1 cm³/mol. The fraction of sp³-hybridized carbons (Fsp3) is 0.467.